The molecule has 0 amide bonds. The zero-order valence-electron chi connectivity index (χ0n) is 18.6. The maximum atomic E-state index is 13.6. The van der Waals surface area contributed by atoms with Crippen molar-refractivity contribution in [3.63, 3.8) is 0 Å². The third kappa shape index (κ3) is 4.74. The summed E-state index contributed by atoms with van der Waals surface area (Å²) in [6, 6.07) is 5.66. The third-order valence-corrected chi connectivity index (χ3v) is 8.64. The van der Waals surface area contributed by atoms with Crippen LogP contribution in [0.5, 0.6) is 5.75 Å². The molecule has 0 saturated carbocycles. The van der Waals surface area contributed by atoms with Crippen LogP contribution < -0.4 is 9.46 Å². The van der Waals surface area contributed by atoms with E-state index in [1.165, 1.54) is 18.5 Å². The van der Waals surface area contributed by atoms with Gasteiger partial charge in [0.2, 0.25) is 5.13 Å². The van der Waals surface area contributed by atoms with Crippen LogP contribution in [0.25, 0.3) is 0 Å². The Balaban J connectivity index is 1.46. The second-order valence-electron chi connectivity index (χ2n) is 8.60. The number of aryl methyl sites for hydroxylation is 1. The molecule has 3 atom stereocenters. The standard InChI is InChI=1S/C21H23F3N6O3S2/c1-29-17(4-7-26-29)18-10-13(21(22,23)24)5-8-30(18)16-6-9-33-19-11-14(2-3-15(16)19)35(31,32)28-20-25-12-27-34-20/h2-4,7,11-13,16,18H,5-6,8-10H2,1H3,(H,25,27,28)/t13-,16?,18+/m1/s1. The fourth-order valence-electron chi connectivity index (χ4n) is 4.91. The van der Waals surface area contributed by atoms with Crippen LogP contribution in [-0.4, -0.2) is 51.8 Å². The Morgan fingerprint density at radius 2 is 2.03 bits per heavy atom. The third-order valence-electron chi connectivity index (χ3n) is 6.59. The summed E-state index contributed by atoms with van der Waals surface area (Å²) in [5.74, 6) is -0.986. The molecule has 1 unspecified atom stereocenters. The Morgan fingerprint density at radius 3 is 2.71 bits per heavy atom. The minimum absolute atomic E-state index is 0.00275. The molecule has 1 fully saturated rings. The number of anilines is 1. The molecule has 0 spiro atoms. The number of halogens is 3. The van der Waals surface area contributed by atoms with Crippen LogP contribution in [0.3, 0.4) is 0 Å². The van der Waals surface area contributed by atoms with E-state index >= 15 is 0 Å². The molecular formula is C21H23F3N6O3S2. The van der Waals surface area contributed by atoms with E-state index in [0.717, 1.165) is 17.1 Å². The molecule has 0 radical (unpaired) electrons. The van der Waals surface area contributed by atoms with Crippen LogP contribution in [0.1, 0.15) is 42.6 Å². The second-order valence-corrected chi connectivity index (χ2v) is 11.1. The fraction of sp³-hybridized carbons (Fsp3) is 0.476. The SMILES string of the molecule is Cn1nccc1[C@@H]1C[C@H](C(F)(F)F)CCN1C1CCOc2cc(S(=O)(=O)Nc3ncns3)ccc21. The summed E-state index contributed by atoms with van der Waals surface area (Å²) >= 11 is 0.918. The van der Waals surface area contributed by atoms with E-state index in [1.54, 1.807) is 30.1 Å². The second kappa shape index (κ2) is 9.06. The van der Waals surface area contributed by atoms with Crippen molar-refractivity contribution in [2.45, 2.75) is 42.4 Å². The van der Waals surface area contributed by atoms with Gasteiger partial charge in [-0.25, -0.2) is 13.4 Å². The van der Waals surface area contributed by atoms with Gasteiger partial charge >= 0.3 is 6.18 Å². The smallest absolute Gasteiger partial charge is 0.391 e. The van der Waals surface area contributed by atoms with Crippen molar-refractivity contribution in [3.05, 3.63) is 48.0 Å². The molecule has 4 heterocycles. The number of alkyl halides is 3. The Bertz CT molecular complexity index is 1300. The Kier molecular flexibility index (Phi) is 6.21. The number of nitrogens with zero attached hydrogens (tertiary/aromatic N) is 5. The van der Waals surface area contributed by atoms with E-state index in [0.29, 0.717) is 24.5 Å². The molecular weight excluding hydrogens is 505 g/mol. The van der Waals surface area contributed by atoms with Gasteiger partial charge in [-0.1, -0.05) is 6.07 Å². The van der Waals surface area contributed by atoms with Crippen LogP contribution in [0.2, 0.25) is 0 Å². The molecule has 3 aromatic rings. The number of rotatable bonds is 5. The average Bonchev–Trinajstić information content (AvgIpc) is 3.48. The first-order chi connectivity index (χ1) is 16.6. The molecule has 0 bridgehead atoms. The van der Waals surface area contributed by atoms with Gasteiger partial charge in [-0.2, -0.15) is 22.6 Å². The number of fused-ring (bicyclic) bond motifs is 1. The lowest BCUT2D eigenvalue weighted by Gasteiger charge is -2.45. The minimum Gasteiger partial charge on any atom is -0.493 e. The van der Waals surface area contributed by atoms with Gasteiger partial charge < -0.3 is 4.74 Å². The highest BCUT2D eigenvalue weighted by Gasteiger charge is 2.47. The lowest BCUT2D eigenvalue weighted by molar-refractivity contribution is -0.192. The summed E-state index contributed by atoms with van der Waals surface area (Å²) in [4.78, 5) is 5.93. The number of likely N-dealkylation sites (tertiary alicyclic amines) is 1. The number of piperidine rings is 1. The Morgan fingerprint density at radius 1 is 1.20 bits per heavy atom. The molecule has 14 heteroatoms. The molecule has 2 aliphatic heterocycles. The molecule has 2 aliphatic rings. The summed E-state index contributed by atoms with van der Waals surface area (Å²) in [6.45, 7) is 0.574. The van der Waals surface area contributed by atoms with Gasteiger partial charge in [-0.3, -0.25) is 14.3 Å². The quantitative estimate of drug-likeness (QED) is 0.536. The van der Waals surface area contributed by atoms with Crippen LogP contribution in [0.4, 0.5) is 18.3 Å². The van der Waals surface area contributed by atoms with Crippen molar-refractivity contribution in [1.29, 1.82) is 0 Å². The number of benzene rings is 1. The minimum atomic E-state index is -4.26. The number of nitrogens with one attached hydrogen (secondary N) is 1. The monoisotopic (exact) mass is 528 g/mol. The van der Waals surface area contributed by atoms with E-state index in [-0.39, 0.29) is 35.5 Å². The predicted octanol–water partition coefficient (Wildman–Crippen LogP) is 3.91. The molecule has 9 nitrogen and oxygen atoms in total. The van der Waals surface area contributed by atoms with Gasteiger partial charge in [-0.15, -0.1) is 0 Å². The van der Waals surface area contributed by atoms with Crippen molar-refractivity contribution >= 4 is 26.7 Å². The van der Waals surface area contributed by atoms with Crippen LogP contribution in [0.15, 0.2) is 41.7 Å². The Labute approximate surface area is 204 Å². The number of aromatic nitrogens is 4. The van der Waals surface area contributed by atoms with E-state index < -0.39 is 28.2 Å². The topological polar surface area (TPSA) is 102 Å². The zero-order chi connectivity index (χ0) is 24.8. The van der Waals surface area contributed by atoms with Crippen molar-refractivity contribution in [2.75, 3.05) is 17.9 Å². The normalized spacial score (nSPS) is 23.5. The van der Waals surface area contributed by atoms with Crippen molar-refractivity contribution < 1.29 is 26.3 Å². The number of hydrogen-bond acceptors (Lipinski definition) is 8. The van der Waals surface area contributed by atoms with Gasteiger partial charge in [0.1, 0.15) is 12.1 Å². The van der Waals surface area contributed by atoms with E-state index in [4.69, 9.17) is 4.74 Å². The molecule has 188 valence electrons. The van der Waals surface area contributed by atoms with Gasteiger partial charge in [0.25, 0.3) is 10.0 Å². The fourth-order valence-corrected chi connectivity index (χ4v) is 6.59. The number of sulfonamides is 1. The lowest BCUT2D eigenvalue weighted by atomic mass is 9.85. The predicted molar refractivity (Wildman–Crippen MR) is 121 cm³/mol. The van der Waals surface area contributed by atoms with Gasteiger partial charge in [0.15, 0.2) is 0 Å². The van der Waals surface area contributed by atoms with Crippen LogP contribution in [-0.2, 0) is 17.1 Å². The highest BCUT2D eigenvalue weighted by molar-refractivity contribution is 7.93. The van der Waals surface area contributed by atoms with Crippen LogP contribution in [0, 0.1) is 5.92 Å². The molecule has 1 saturated heterocycles. The van der Waals surface area contributed by atoms with E-state index in [1.807, 2.05) is 0 Å². The van der Waals surface area contributed by atoms with Crippen molar-refractivity contribution in [1.82, 2.24) is 24.0 Å². The Hall–Kier alpha value is -2.71. The lowest BCUT2D eigenvalue weighted by Crippen LogP contribution is -2.44. The number of hydrogen-bond donors (Lipinski definition) is 1. The molecule has 2 aromatic heterocycles. The summed E-state index contributed by atoms with van der Waals surface area (Å²) in [5, 5.41) is 4.32. The average molecular weight is 529 g/mol. The molecule has 0 aliphatic carbocycles. The molecule has 1 N–H and O–H groups in total. The zero-order valence-corrected chi connectivity index (χ0v) is 20.3. The maximum Gasteiger partial charge on any atom is 0.391 e. The maximum absolute atomic E-state index is 13.6. The highest BCUT2D eigenvalue weighted by Crippen LogP contribution is 2.48. The van der Waals surface area contributed by atoms with Crippen LogP contribution >= 0.6 is 11.5 Å². The number of ether oxygens (including phenoxy) is 1. The molecule has 1 aromatic carbocycles. The largest absolute Gasteiger partial charge is 0.493 e. The van der Waals surface area contributed by atoms with Crippen molar-refractivity contribution in [3.8, 4) is 5.75 Å². The van der Waals surface area contributed by atoms with Gasteiger partial charge in [0.05, 0.1) is 29.2 Å². The first-order valence-corrected chi connectivity index (χ1v) is 13.3. The molecule has 5 rings (SSSR count). The summed E-state index contributed by atoms with van der Waals surface area (Å²) in [6.07, 6.45) is -0.905. The van der Waals surface area contributed by atoms with Gasteiger partial charge in [0, 0.05) is 55.4 Å². The summed E-state index contributed by atoms with van der Waals surface area (Å²) < 4.78 is 80.0. The first kappa shape index (κ1) is 24.0. The summed E-state index contributed by atoms with van der Waals surface area (Å²) in [5.41, 5.74) is 1.47. The highest BCUT2D eigenvalue weighted by atomic mass is 32.2. The van der Waals surface area contributed by atoms with Gasteiger partial charge in [-0.05, 0) is 25.0 Å². The van der Waals surface area contributed by atoms with Crippen molar-refractivity contribution in [2.24, 2.45) is 13.0 Å². The first-order valence-electron chi connectivity index (χ1n) is 11.0. The molecule has 35 heavy (non-hydrogen) atoms. The van der Waals surface area contributed by atoms with E-state index in [9.17, 15) is 21.6 Å². The summed E-state index contributed by atoms with van der Waals surface area (Å²) in [7, 11) is -2.18. The van der Waals surface area contributed by atoms with E-state index in [2.05, 4.69) is 24.1 Å².